The van der Waals surface area contributed by atoms with Crippen molar-refractivity contribution < 1.29 is 19.1 Å². The van der Waals surface area contributed by atoms with E-state index < -0.39 is 0 Å². The summed E-state index contributed by atoms with van der Waals surface area (Å²) in [6.45, 7) is 7.74. The zero-order chi connectivity index (χ0) is 23.0. The van der Waals surface area contributed by atoms with Crippen LogP contribution in [0, 0.1) is 5.92 Å². The first-order valence-corrected chi connectivity index (χ1v) is 13.4. The molecule has 4 heteroatoms. The van der Waals surface area contributed by atoms with E-state index in [4.69, 9.17) is 9.47 Å². The third kappa shape index (κ3) is 23.4. The van der Waals surface area contributed by atoms with Gasteiger partial charge in [-0.1, -0.05) is 111 Å². The van der Waals surface area contributed by atoms with Crippen molar-refractivity contribution in [1.29, 1.82) is 0 Å². The maximum Gasteiger partial charge on any atom is 0.306 e. The Bertz CT molecular complexity index is 408. The molecule has 31 heavy (non-hydrogen) atoms. The zero-order valence-corrected chi connectivity index (χ0v) is 21.1. The molecule has 0 aromatic rings. The lowest BCUT2D eigenvalue weighted by molar-refractivity contribution is -0.145. The van der Waals surface area contributed by atoms with Gasteiger partial charge in [0.1, 0.15) is 0 Å². The summed E-state index contributed by atoms with van der Waals surface area (Å²) in [6.07, 6.45) is 20.9. The first-order chi connectivity index (χ1) is 15.1. The van der Waals surface area contributed by atoms with E-state index in [0.29, 0.717) is 32.0 Å². The van der Waals surface area contributed by atoms with Gasteiger partial charge >= 0.3 is 11.9 Å². The van der Waals surface area contributed by atoms with Crippen molar-refractivity contribution in [2.24, 2.45) is 5.92 Å². The van der Waals surface area contributed by atoms with E-state index >= 15 is 0 Å². The topological polar surface area (TPSA) is 52.6 Å². The minimum absolute atomic E-state index is 0.0304. The summed E-state index contributed by atoms with van der Waals surface area (Å²) in [6, 6.07) is 0. The Morgan fingerprint density at radius 1 is 0.581 bits per heavy atom. The standard InChI is InChI=1S/C27H52O4/c1-4-6-8-14-18-22-30-26(28)21-17-13-11-10-12-16-20-25(3)24-27(29)31-23-19-15-9-7-5-2/h25H,4-24H2,1-3H3. The van der Waals surface area contributed by atoms with Crippen LogP contribution < -0.4 is 0 Å². The molecule has 1 atom stereocenters. The molecule has 0 heterocycles. The van der Waals surface area contributed by atoms with Gasteiger partial charge in [0.15, 0.2) is 0 Å². The molecule has 0 amide bonds. The monoisotopic (exact) mass is 440 g/mol. The Kier molecular flexibility index (Phi) is 22.8. The van der Waals surface area contributed by atoms with Gasteiger partial charge in [-0.2, -0.15) is 0 Å². The molecule has 0 saturated heterocycles. The van der Waals surface area contributed by atoms with Crippen molar-refractivity contribution in [3.8, 4) is 0 Å². The molecule has 0 aliphatic rings. The number of carbonyl (C=O) groups excluding carboxylic acids is 2. The third-order valence-corrected chi connectivity index (χ3v) is 5.86. The van der Waals surface area contributed by atoms with Gasteiger partial charge < -0.3 is 9.47 Å². The fraction of sp³-hybridized carbons (Fsp3) is 0.926. The first kappa shape index (κ1) is 29.9. The van der Waals surface area contributed by atoms with Crippen molar-refractivity contribution in [3.63, 3.8) is 0 Å². The summed E-state index contributed by atoms with van der Waals surface area (Å²) in [4.78, 5) is 23.6. The lowest BCUT2D eigenvalue weighted by Gasteiger charge is -2.11. The van der Waals surface area contributed by atoms with Crippen LogP contribution in [0.1, 0.15) is 143 Å². The maximum absolute atomic E-state index is 11.9. The third-order valence-electron chi connectivity index (χ3n) is 5.86. The van der Waals surface area contributed by atoms with Gasteiger partial charge in [-0.15, -0.1) is 0 Å². The molecule has 184 valence electrons. The van der Waals surface area contributed by atoms with Crippen LogP contribution in [-0.4, -0.2) is 25.2 Å². The fourth-order valence-corrected chi connectivity index (χ4v) is 3.77. The molecule has 0 rings (SSSR count). The Labute approximate surface area is 193 Å². The van der Waals surface area contributed by atoms with E-state index in [1.165, 1.54) is 70.6 Å². The number of hydrogen-bond donors (Lipinski definition) is 0. The smallest absolute Gasteiger partial charge is 0.306 e. The second-order valence-electron chi connectivity index (χ2n) is 9.24. The molecule has 0 aromatic carbocycles. The Hall–Kier alpha value is -1.06. The number of esters is 2. The summed E-state index contributed by atoms with van der Waals surface area (Å²) in [7, 11) is 0. The van der Waals surface area contributed by atoms with E-state index in [9.17, 15) is 9.59 Å². The molecule has 0 aliphatic carbocycles. The van der Waals surface area contributed by atoms with E-state index in [2.05, 4.69) is 20.8 Å². The number of ether oxygens (including phenoxy) is 2. The number of carbonyl (C=O) groups is 2. The second kappa shape index (κ2) is 23.6. The lowest BCUT2D eigenvalue weighted by Crippen LogP contribution is -2.10. The van der Waals surface area contributed by atoms with Crippen LogP contribution in [0.5, 0.6) is 0 Å². The average molecular weight is 441 g/mol. The van der Waals surface area contributed by atoms with Crippen LogP contribution in [0.25, 0.3) is 0 Å². The predicted molar refractivity (Wildman–Crippen MR) is 130 cm³/mol. The first-order valence-electron chi connectivity index (χ1n) is 13.4. The highest BCUT2D eigenvalue weighted by atomic mass is 16.5. The van der Waals surface area contributed by atoms with Crippen LogP contribution in [0.2, 0.25) is 0 Å². The van der Waals surface area contributed by atoms with Gasteiger partial charge in [0.25, 0.3) is 0 Å². The highest BCUT2D eigenvalue weighted by Gasteiger charge is 2.10. The molecule has 0 bridgehead atoms. The highest BCUT2D eigenvalue weighted by Crippen LogP contribution is 2.16. The van der Waals surface area contributed by atoms with Gasteiger partial charge in [0, 0.05) is 12.8 Å². The van der Waals surface area contributed by atoms with Crippen molar-refractivity contribution in [1.82, 2.24) is 0 Å². The predicted octanol–water partition coefficient (Wildman–Crippen LogP) is 8.16. The minimum Gasteiger partial charge on any atom is -0.466 e. The summed E-state index contributed by atoms with van der Waals surface area (Å²) < 4.78 is 10.6. The molecule has 0 radical (unpaired) electrons. The van der Waals surface area contributed by atoms with Gasteiger partial charge in [-0.3, -0.25) is 9.59 Å². The van der Waals surface area contributed by atoms with E-state index in [1.54, 1.807) is 0 Å². The number of unbranched alkanes of at least 4 members (excludes halogenated alkanes) is 13. The van der Waals surface area contributed by atoms with E-state index in [-0.39, 0.29) is 11.9 Å². The SMILES string of the molecule is CCCCCCCOC(=O)CCCCCCCCC(C)CC(=O)OCCCCCCC. The second-order valence-corrected chi connectivity index (χ2v) is 9.24. The zero-order valence-electron chi connectivity index (χ0n) is 21.1. The number of rotatable bonds is 23. The van der Waals surface area contributed by atoms with Gasteiger partial charge in [0.2, 0.25) is 0 Å². The van der Waals surface area contributed by atoms with Crippen LogP contribution in [0.15, 0.2) is 0 Å². The van der Waals surface area contributed by atoms with Crippen molar-refractivity contribution in [2.45, 2.75) is 143 Å². The molecule has 0 aliphatic heterocycles. The lowest BCUT2D eigenvalue weighted by atomic mass is 9.99. The quantitative estimate of drug-likeness (QED) is 0.119. The molecular weight excluding hydrogens is 388 g/mol. The minimum atomic E-state index is -0.0316. The van der Waals surface area contributed by atoms with Crippen LogP contribution >= 0.6 is 0 Å². The fourth-order valence-electron chi connectivity index (χ4n) is 3.77. The van der Waals surface area contributed by atoms with Crippen molar-refractivity contribution in [2.75, 3.05) is 13.2 Å². The van der Waals surface area contributed by atoms with Gasteiger partial charge in [-0.25, -0.2) is 0 Å². The molecule has 1 unspecified atom stereocenters. The van der Waals surface area contributed by atoms with E-state index in [1.807, 2.05) is 0 Å². The van der Waals surface area contributed by atoms with Gasteiger partial charge in [0.05, 0.1) is 13.2 Å². The highest BCUT2D eigenvalue weighted by molar-refractivity contribution is 5.69. The molecule has 0 aromatic heterocycles. The molecule has 0 saturated carbocycles. The Balaban J connectivity index is 3.38. The molecule has 0 N–H and O–H groups in total. The van der Waals surface area contributed by atoms with Crippen molar-refractivity contribution in [3.05, 3.63) is 0 Å². The van der Waals surface area contributed by atoms with Crippen LogP contribution in [-0.2, 0) is 19.1 Å². The maximum atomic E-state index is 11.9. The molecule has 4 nitrogen and oxygen atoms in total. The summed E-state index contributed by atoms with van der Waals surface area (Å²) >= 11 is 0. The Morgan fingerprint density at radius 2 is 1.03 bits per heavy atom. The molecular formula is C27H52O4. The molecule has 0 fully saturated rings. The summed E-state index contributed by atoms with van der Waals surface area (Å²) in [5.74, 6) is 0.345. The summed E-state index contributed by atoms with van der Waals surface area (Å²) in [5, 5.41) is 0. The Morgan fingerprint density at radius 3 is 1.61 bits per heavy atom. The van der Waals surface area contributed by atoms with Crippen molar-refractivity contribution >= 4 is 11.9 Å². The summed E-state index contributed by atoms with van der Waals surface area (Å²) in [5.41, 5.74) is 0. The van der Waals surface area contributed by atoms with Crippen LogP contribution in [0.4, 0.5) is 0 Å². The van der Waals surface area contributed by atoms with E-state index in [0.717, 1.165) is 38.5 Å². The normalized spacial score (nSPS) is 12.0. The van der Waals surface area contributed by atoms with Crippen LogP contribution in [0.3, 0.4) is 0 Å². The number of hydrogen-bond acceptors (Lipinski definition) is 4. The largest absolute Gasteiger partial charge is 0.466 e. The average Bonchev–Trinajstić information content (AvgIpc) is 2.75. The molecule has 0 spiro atoms. The van der Waals surface area contributed by atoms with Gasteiger partial charge in [-0.05, 0) is 25.2 Å².